The van der Waals surface area contributed by atoms with Crippen molar-refractivity contribution in [3.8, 4) is 0 Å². The summed E-state index contributed by atoms with van der Waals surface area (Å²) >= 11 is 0. The fourth-order valence-electron chi connectivity index (χ4n) is 2.38. The summed E-state index contributed by atoms with van der Waals surface area (Å²) in [4.78, 5) is 38.7. The molecular formula is C17H12FN3O3. The molecule has 0 atom stereocenters. The first-order valence-electron chi connectivity index (χ1n) is 6.99. The SMILES string of the molecule is NC(=O)c1ccccc1NC(=O)c1c[nH]c2c(F)cccc2c1=O. The minimum absolute atomic E-state index is 0.0246. The molecule has 0 unspecified atom stereocenters. The number of halogens is 1. The van der Waals surface area contributed by atoms with Gasteiger partial charge in [0.1, 0.15) is 11.4 Å². The van der Waals surface area contributed by atoms with Crippen LogP contribution in [0.25, 0.3) is 10.9 Å². The van der Waals surface area contributed by atoms with Crippen molar-refractivity contribution in [2.75, 3.05) is 5.32 Å². The number of carbonyl (C=O) groups is 2. The zero-order valence-corrected chi connectivity index (χ0v) is 12.3. The Bertz CT molecular complexity index is 1030. The van der Waals surface area contributed by atoms with Crippen molar-refractivity contribution in [2.24, 2.45) is 5.73 Å². The Kier molecular flexibility index (Phi) is 3.83. The van der Waals surface area contributed by atoms with Crippen LogP contribution in [0, 0.1) is 5.82 Å². The van der Waals surface area contributed by atoms with Crippen LogP contribution in [0.1, 0.15) is 20.7 Å². The highest BCUT2D eigenvalue weighted by Gasteiger charge is 2.16. The zero-order chi connectivity index (χ0) is 17.3. The van der Waals surface area contributed by atoms with Gasteiger partial charge in [-0.25, -0.2) is 4.39 Å². The summed E-state index contributed by atoms with van der Waals surface area (Å²) in [5.74, 6) is -2.02. The van der Waals surface area contributed by atoms with Crippen molar-refractivity contribution in [1.29, 1.82) is 0 Å². The maximum atomic E-state index is 13.7. The van der Waals surface area contributed by atoms with Crippen LogP contribution in [0.3, 0.4) is 0 Å². The lowest BCUT2D eigenvalue weighted by atomic mass is 10.1. The van der Waals surface area contributed by atoms with Crippen LogP contribution in [0.2, 0.25) is 0 Å². The molecule has 0 aliphatic carbocycles. The molecule has 0 saturated carbocycles. The third-order valence-electron chi connectivity index (χ3n) is 3.55. The van der Waals surface area contributed by atoms with Crippen molar-refractivity contribution >= 4 is 28.4 Å². The van der Waals surface area contributed by atoms with Crippen LogP contribution in [0.4, 0.5) is 10.1 Å². The van der Waals surface area contributed by atoms with Gasteiger partial charge in [0, 0.05) is 11.6 Å². The van der Waals surface area contributed by atoms with Crippen molar-refractivity contribution in [3.63, 3.8) is 0 Å². The summed E-state index contributed by atoms with van der Waals surface area (Å²) in [5, 5.41) is 2.54. The van der Waals surface area contributed by atoms with Crippen LogP contribution < -0.4 is 16.5 Å². The number of hydrogen-bond acceptors (Lipinski definition) is 3. The topological polar surface area (TPSA) is 105 Å². The molecule has 0 fully saturated rings. The lowest BCUT2D eigenvalue weighted by molar-refractivity contribution is 0.100. The molecule has 3 aromatic rings. The predicted molar refractivity (Wildman–Crippen MR) is 87.4 cm³/mol. The van der Waals surface area contributed by atoms with E-state index in [0.717, 1.165) is 6.20 Å². The second-order valence-electron chi connectivity index (χ2n) is 5.06. The average Bonchev–Trinajstić information content (AvgIpc) is 2.56. The number of H-pyrrole nitrogens is 1. The summed E-state index contributed by atoms with van der Waals surface area (Å²) < 4.78 is 13.7. The van der Waals surface area contributed by atoms with Crippen molar-refractivity contribution in [3.05, 3.63) is 75.8 Å². The number of fused-ring (bicyclic) bond motifs is 1. The van der Waals surface area contributed by atoms with Crippen LogP contribution in [0.15, 0.2) is 53.5 Å². The summed E-state index contributed by atoms with van der Waals surface area (Å²) in [5.41, 5.74) is 4.77. The average molecular weight is 325 g/mol. The minimum Gasteiger partial charge on any atom is -0.366 e. The maximum Gasteiger partial charge on any atom is 0.261 e. The summed E-state index contributed by atoms with van der Waals surface area (Å²) in [6.07, 6.45) is 1.13. The van der Waals surface area contributed by atoms with Gasteiger partial charge in [0.15, 0.2) is 0 Å². The van der Waals surface area contributed by atoms with E-state index in [0.29, 0.717) is 0 Å². The Morgan fingerprint density at radius 2 is 1.79 bits per heavy atom. The molecule has 120 valence electrons. The number of aromatic nitrogens is 1. The van der Waals surface area contributed by atoms with Gasteiger partial charge in [-0.05, 0) is 24.3 Å². The number of primary amides is 1. The summed E-state index contributed by atoms with van der Waals surface area (Å²) in [6, 6.07) is 10.2. The van der Waals surface area contributed by atoms with Crippen LogP contribution in [-0.2, 0) is 0 Å². The second-order valence-corrected chi connectivity index (χ2v) is 5.06. The Morgan fingerprint density at radius 1 is 1.04 bits per heavy atom. The molecule has 0 bridgehead atoms. The normalized spacial score (nSPS) is 10.5. The highest BCUT2D eigenvalue weighted by atomic mass is 19.1. The molecule has 0 aliphatic heterocycles. The van der Waals surface area contributed by atoms with Gasteiger partial charge < -0.3 is 16.0 Å². The number of aromatic amines is 1. The van der Waals surface area contributed by atoms with Crippen molar-refractivity contribution in [1.82, 2.24) is 4.98 Å². The van der Waals surface area contributed by atoms with Crippen molar-refractivity contribution in [2.45, 2.75) is 0 Å². The molecule has 6 nitrogen and oxygen atoms in total. The first-order chi connectivity index (χ1) is 11.5. The van der Waals surface area contributed by atoms with E-state index in [4.69, 9.17) is 5.73 Å². The first kappa shape index (κ1) is 15.4. The number of benzene rings is 2. The number of para-hydroxylation sites is 2. The maximum absolute atomic E-state index is 13.7. The van der Waals surface area contributed by atoms with E-state index >= 15 is 0 Å². The third kappa shape index (κ3) is 2.63. The largest absolute Gasteiger partial charge is 0.366 e. The summed E-state index contributed by atoms with van der Waals surface area (Å²) in [6.45, 7) is 0. The highest BCUT2D eigenvalue weighted by molar-refractivity contribution is 6.09. The Hall–Kier alpha value is -3.48. The Morgan fingerprint density at radius 3 is 2.54 bits per heavy atom. The van der Waals surface area contributed by atoms with E-state index < -0.39 is 23.1 Å². The number of anilines is 1. The molecule has 7 heteroatoms. The standard InChI is InChI=1S/C17H12FN3O3/c18-12-6-3-5-10-14(12)20-8-11(15(10)22)17(24)21-13-7-2-1-4-9(13)16(19)23/h1-8H,(H2,19,23)(H,20,22)(H,21,24). The molecule has 1 heterocycles. The van der Waals surface area contributed by atoms with Crippen LogP contribution in [0.5, 0.6) is 0 Å². The fraction of sp³-hybridized carbons (Fsp3) is 0. The van der Waals surface area contributed by atoms with E-state index in [1.807, 2.05) is 0 Å². The minimum atomic E-state index is -0.726. The third-order valence-corrected chi connectivity index (χ3v) is 3.55. The van der Waals surface area contributed by atoms with Gasteiger partial charge in [0.25, 0.3) is 11.8 Å². The van der Waals surface area contributed by atoms with E-state index in [9.17, 15) is 18.8 Å². The monoisotopic (exact) mass is 325 g/mol. The zero-order valence-electron chi connectivity index (χ0n) is 12.3. The van der Waals surface area contributed by atoms with Crippen molar-refractivity contribution < 1.29 is 14.0 Å². The first-order valence-corrected chi connectivity index (χ1v) is 6.99. The van der Waals surface area contributed by atoms with Crippen LogP contribution in [-0.4, -0.2) is 16.8 Å². The molecule has 2 aromatic carbocycles. The Balaban J connectivity index is 2.03. The van der Waals surface area contributed by atoms with Gasteiger partial charge in [0.2, 0.25) is 5.43 Å². The van der Waals surface area contributed by atoms with Gasteiger partial charge in [-0.15, -0.1) is 0 Å². The number of nitrogens with one attached hydrogen (secondary N) is 2. The van der Waals surface area contributed by atoms with Crippen LogP contribution >= 0.6 is 0 Å². The van der Waals surface area contributed by atoms with E-state index in [-0.39, 0.29) is 27.7 Å². The lowest BCUT2D eigenvalue weighted by Crippen LogP contribution is -2.24. The number of amides is 2. The number of pyridine rings is 1. The van der Waals surface area contributed by atoms with E-state index in [1.165, 1.54) is 30.3 Å². The molecule has 1 aromatic heterocycles. The number of carbonyl (C=O) groups excluding carboxylic acids is 2. The molecule has 2 amide bonds. The molecule has 0 spiro atoms. The molecule has 0 saturated heterocycles. The molecule has 3 rings (SSSR count). The predicted octanol–water partition coefficient (Wildman–Crippen LogP) is 2.02. The Labute approximate surface area is 135 Å². The molecule has 24 heavy (non-hydrogen) atoms. The lowest BCUT2D eigenvalue weighted by Gasteiger charge is -2.09. The van der Waals surface area contributed by atoms with Gasteiger partial charge in [-0.1, -0.05) is 18.2 Å². The number of rotatable bonds is 3. The van der Waals surface area contributed by atoms with E-state index in [1.54, 1.807) is 12.1 Å². The molecular weight excluding hydrogens is 313 g/mol. The molecule has 0 aliphatic rings. The van der Waals surface area contributed by atoms with Gasteiger partial charge in [-0.3, -0.25) is 14.4 Å². The van der Waals surface area contributed by atoms with Gasteiger partial charge in [-0.2, -0.15) is 0 Å². The number of hydrogen-bond donors (Lipinski definition) is 3. The highest BCUT2D eigenvalue weighted by Crippen LogP contribution is 2.16. The van der Waals surface area contributed by atoms with E-state index in [2.05, 4.69) is 10.3 Å². The van der Waals surface area contributed by atoms with Gasteiger partial charge >= 0.3 is 0 Å². The fourth-order valence-corrected chi connectivity index (χ4v) is 2.38. The molecule has 4 N–H and O–H groups in total. The quantitative estimate of drug-likeness (QED) is 0.686. The summed E-state index contributed by atoms with van der Waals surface area (Å²) in [7, 11) is 0. The molecule has 0 radical (unpaired) electrons. The smallest absolute Gasteiger partial charge is 0.261 e. The second kappa shape index (κ2) is 5.96. The number of nitrogens with two attached hydrogens (primary N) is 1. The van der Waals surface area contributed by atoms with Gasteiger partial charge in [0.05, 0.1) is 16.8 Å².